The van der Waals surface area contributed by atoms with E-state index in [9.17, 15) is 4.79 Å². The van der Waals surface area contributed by atoms with E-state index in [4.69, 9.17) is 9.57 Å². The number of benzene rings is 2. The molecule has 5 heterocycles. The molecule has 0 bridgehead atoms. The largest absolute Gasteiger partial charge is 0.494 e. The van der Waals surface area contributed by atoms with Crippen LogP contribution in [0.25, 0.3) is 10.4 Å². The van der Waals surface area contributed by atoms with Crippen molar-refractivity contribution < 1.29 is 14.4 Å². The smallest absolute Gasteiger partial charge is 0.247 e. The predicted octanol–water partition coefficient (Wildman–Crippen LogP) is 6.71. The first kappa shape index (κ1) is 33.6. The Labute approximate surface area is 303 Å². The van der Waals surface area contributed by atoms with Crippen LogP contribution in [-0.4, -0.2) is 90.7 Å². The van der Waals surface area contributed by atoms with Crippen LogP contribution in [0.4, 0.5) is 28.7 Å². The number of ether oxygens (including phenoxy) is 1. The zero-order chi connectivity index (χ0) is 34.7. The molecule has 3 saturated heterocycles. The van der Waals surface area contributed by atoms with Gasteiger partial charge in [-0.05, 0) is 66.5 Å². The van der Waals surface area contributed by atoms with E-state index < -0.39 is 0 Å². The Hall–Kier alpha value is -4.49. The first-order chi connectivity index (χ1) is 25.1. The fraction of sp³-hybridized carbons (Fsp3) is 0.410. The fourth-order valence-corrected chi connectivity index (χ4v) is 8.50. The Morgan fingerprint density at radius 1 is 0.922 bits per heavy atom. The Bertz CT molecular complexity index is 1830. The number of aromatic nitrogens is 2. The van der Waals surface area contributed by atoms with Gasteiger partial charge in [0, 0.05) is 74.8 Å². The minimum absolute atomic E-state index is 0.0127. The second kappa shape index (κ2) is 15.0. The molecule has 4 aromatic rings. The van der Waals surface area contributed by atoms with E-state index in [-0.39, 0.29) is 11.9 Å². The van der Waals surface area contributed by atoms with Crippen molar-refractivity contribution in [1.82, 2.24) is 19.8 Å². The lowest BCUT2D eigenvalue weighted by Gasteiger charge is -2.43. The van der Waals surface area contributed by atoms with Gasteiger partial charge in [0.15, 0.2) is 5.82 Å². The SMILES string of the molecule is C=CC(=O)Nc1cc(Nc2cc(N3OCC[C@H]3c3cccc(-c4cccs4)c3)ncn2)c(OC)cc1N1CCC(N2CCN(C3CC3)CC2)CC1. The first-order valence-corrected chi connectivity index (χ1v) is 19.0. The molecule has 1 saturated carbocycles. The van der Waals surface area contributed by atoms with Gasteiger partial charge in [-0.15, -0.1) is 11.3 Å². The first-order valence-electron chi connectivity index (χ1n) is 18.1. The molecule has 4 aliphatic rings. The molecule has 0 unspecified atom stereocenters. The minimum atomic E-state index is -0.263. The lowest BCUT2D eigenvalue weighted by Crippen LogP contribution is -2.53. The van der Waals surface area contributed by atoms with Crippen molar-refractivity contribution in [2.75, 3.05) is 73.6 Å². The van der Waals surface area contributed by atoms with Crippen LogP contribution in [0.15, 0.2) is 79.0 Å². The zero-order valence-electron chi connectivity index (χ0n) is 29.2. The predicted molar refractivity (Wildman–Crippen MR) is 204 cm³/mol. The number of nitrogens with zero attached hydrogens (tertiary/aromatic N) is 6. The van der Waals surface area contributed by atoms with Crippen LogP contribution in [0.2, 0.25) is 0 Å². The van der Waals surface area contributed by atoms with Crippen molar-refractivity contribution in [3.8, 4) is 16.2 Å². The molecule has 2 aromatic heterocycles. The van der Waals surface area contributed by atoms with E-state index in [0.717, 1.165) is 57.2 Å². The Morgan fingerprint density at radius 2 is 1.71 bits per heavy atom. The van der Waals surface area contributed by atoms with Gasteiger partial charge in [0.25, 0.3) is 0 Å². The minimum Gasteiger partial charge on any atom is -0.494 e. The van der Waals surface area contributed by atoms with Gasteiger partial charge in [-0.25, -0.2) is 15.0 Å². The highest BCUT2D eigenvalue weighted by Crippen LogP contribution is 2.41. The molecule has 1 amide bonds. The molecule has 11 nitrogen and oxygen atoms in total. The molecule has 2 aromatic carbocycles. The monoisotopic (exact) mass is 706 g/mol. The second-order valence-electron chi connectivity index (χ2n) is 13.7. The number of carbonyl (C=O) groups is 1. The summed E-state index contributed by atoms with van der Waals surface area (Å²) in [5.41, 5.74) is 4.68. The average Bonchev–Trinajstić information content (AvgIpc) is 3.64. The van der Waals surface area contributed by atoms with Gasteiger partial charge in [-0.3, -0.25) is 19.4 Å². The summed E-state index contributed by atoms with van der Waals surface area (Å²) < 4.78 is 5.92. The van der Waals surface area contributed by atoms with E-state index in [2.05, 4.69) is 83.7 Å². The van der Waals surface area contributed by atoms with Crippen LogP contribution in [-0.2, 0) is 9.63 Å². The van der Waals surface area contributed by atoms with Crippen molar-refractivity contribution in [1.29, 1.82) is 0 Å². The van der Waals surface area contributed by atoms with Gasteiger partial charge in [0.1, 0.15) is 17.9 Å². The molecule has 12 heteroatoms. The summed E-state index contributed by atoms with van der Waals surface area (Å²) in [6.07, 6.45) is 8.60. The number of amides is 1. The summed E-state index contributed by atoms with van der Waals surface area (Å²) >= 11 is 1.73. The van der Waals surface area contributed by atoms with Gasteiger partial charge in [0.2, 0.25) is 5.91 Å². The van der Waals surface area contributed by atoms with Crippen molar-refractivity contribution in [2.24, 2.45) is 0 Å². The van der Waals surface area contributed by atoms with Crippen molar-refractivity contribution in [3.05, 3.63) is 84.5 Å². The Morgan fingerprint density at radius 3 is 2.41 bits per heavy atom. The lowest BCUT2D eigenvalue weighted by atomic mass is 10.0. The number of hydrogen-bond acceptors (Lipinski definition) is 11. The molecule has 3 aliphatic heterocycles. The van der Waals surface area contributed by atoms with Crippen LogP contribution in [0.3, 0.4) is 0 Å². The van der Waals surface area contributed by atoms with Crippen molar-refractivity contribution >= 4 is 45.9 Å². The molecule has 8 rings (SSSR count). The summed E-state index contributed by atoms with van der Waals surface area (Å²) in [5, 5.41) is 10.5. The molecule has 51 heavy (non-hydrogen) atoms. The number of nitrogens with one attached hydrogen (secondary N) is 2. The van der Waals surface area contributed by atoms with Gasteiger partial charge in [-0.1, -0.05) is 30.8 Å². The van der Waals surface area contributed by atoms with E-state index in [0.29, 0.717) is 41.4 Å². The van der Waals surface area contributed by atoms with Crippen LogP contribution in [0, 0.1) is 0 Å². The van der Waals surface area contributed by atoms with Crippen molar-refractivity contribution in [3.63, 3.8) is 0 Å². The number of piperidine rings is 1. The van der Waals surface area contributed by atoms with Crippen LogP contribution < -0.4 is 25.3 Å². The number of hydroxylamine groups is 1. The Balaban J connectivity index is 0.993. The fourth-order valence-electron chi connectivity index (χ4n) is 7.77. The lowest BCUT2D eigenvalue weighted by molar-refractivity contribution is -0.111. The normalized spacial score (nSPS) is 20.4. The highest BCUT2D eigenvalue weighted by atomic mass is 32.1. The topological polar surface area (TPSA) is 98.3 Å². The van der Waals surface area contributed by atoms with E-state index in [1.165, 1.54) is 54.3 Å². The molecule has 0 radical (unpaired) electrons. The molecule has 1 atom stereocenters. The number of rotatable bonds is 11. The molecule has 0 spiro atoms. The quantitative estimate of drug-likeness (QED) is 0.164. The molecular weight excluding hydrogens is 661 g/mol. The van der Waals surface area contributed by atoms with Gasteiger partial charge < -0.3 is 20.3 Å². The molecule has 266 valence electrons. The highest BCUT2D eigenvalue weighted by Gasteiger charge is 2.34. The third-order valence-electron chi connectivity index (χ3n) is 10.6. The summed E-state index contributed by atoms with van der Waals surface area (Å²) in [5.74, 6) is 1.63. The third kappa shape index (κ3) is 7.45. The molecular formula is C39H46N8O3S. The zero-order valence-corrected chi connectivity index (χ0v) is 30.0. The van der Waals surface area contributed by atoms with Gasteiger partial charge in [0.05, 0.1) is 36.8 Å². The maximum Gasteiger partial charge on any atom is 0.247 e. The second-order valence-corrected chi connectivity index (χ2v) is 14.7. The maximum absolute atomic E-state index is 12.7. The number of methoxy groups -OCH3 is 1. The average molecular weight is 707 g/mol. The van der Waals surface area contributed by atoms with Crippen molar-refractivity contribution in [2.45, 2.75) is 50.2 Å². The number of anilines is 5. The summed E-state index contributed by atoms with van der Waals surface area (Å²) in [6.45, 7) is 10.8. The van der Waals surface area contributed by atoms with Gasteiger partial charge >= 0.3 is 0 Å². The van der Waals surface area contributed by atoms with Crippen LogP contribution >= 0.6 is 11.3 Å². The number of thiophene rings is 1. The molecule has 4 fully saturated rings. The van der Waals surface area contributed by atoms with E-state index in [1.54, 1.807) is 18.4 Å². The summed E-state index contributed by atoms with van der Waals surface area (Å²) in [7, 11) is 1.66. The number of carbonyl (C=O) groups excluding carboxylic acids is 1. The number of hydrogen-bond donors (Lipinski definition) is 2. The summed E-state index contributed by atoms with van der Waals surface area (Å²) in [6, 6.07) is 20.1. The van der Waals surface area contributed by atoms with Gasteiger partial charge in [-0.2, -0.15) is 0 Å². The highest BCUT2D eigenvalue weighted by molar-refractivity contribution is 7.13. The van der Waals surface area contributed by atoms with E-state index in [1.807, 2.05) is 23.3 Å². The molecule has 2 N–H and O–H groups in total. The van der Waals surface area contributed by atoms with E-state index >= 15 is 0 Å². The molecule has 1 aliphatic carbocycles. The standard InChI is InChI=1S/C39H46N8O3S/c1-3-39(48)43-31-23-32(35(49-2)24-34(31)46-14-11-30(12-15-46)45-18-16-44(17-19-45)29-9-10-29)42-37-25-38(41-26-40-37)47-33(13-20-50-47)27-6-4-7-28(22-27)36-8-5-21-51-36/h3-8,21-26,29-30,33H,1,9-20H2,2H3,(H,43,48)(H,40,41,42)/t33-/m0/s1. The number of piperazine rings is 1. The third-order valence-corrected chi connectivity index (χ3v) is 11.5. The Kier molecular flexibility index (Phi) is 9.90. The van der Waals surface area contributed by atoms with Crippen LogP contribution in [0.5, 0.6) is 5.75 Å². The van der Waals surface area contributed by atoms with Crippen LogP contribution in [0.1, 0.15) is 43.7 Å². The summed E-state index contributed by atoms with van der Waals surface area (Å²) in [4.78, 5) is 36.9. The maximum atomic E-state index is 12.7.